The van der Waals surface area contributed by atoms with Crippen molar-refractivity contribution in [1.82, 2.24) is 9.88 Å². The van der Waals surface area contributed by atoms with E-state index in [1.54, 1.807) is 29.2 Å². The molecule has 0 aliphatic carbocycles. The lowest BCUT2D eigenvalue weighted by molar-refractivity contribution is -0.122. The maximum atomic E-state index is 12.7. The molecule has 25 heavy (non-hydrogen) atoms. The van der Waals surface area contributed by atoms with Crippen LogP contribution in [0.5, 0.6) is 0 Å². The van der Waals surface area contributed by atoms with Crippen LogP contribution in [0.15, 0.2) is 46.3 Å². The van der Waals surface area contributed by atoms with E-state index in [1.807, 2.05) is 32.0 Å². The molecular weight excluding hydrogens is 377 g/mol. The van der Waals surface area contributed by atoms with Gasteiger partial charge in [-0.25, -0.2) is 9.98 Å². The summed E-state index contributed by atoms with van der Waals surface area (Å²) in [7, 11) is 0. The number of aromatic nitrogens is 1. The van der Waals surface area contributed by atoms with E-state index < -0.39 is 0 Å². The van der Waals surface area contributed by atoms with Crippen LogP contribution in [-0.4, -0.2) is 27.5 Å². The Labute approximate surface area is 160 Å². The van der Waals surface area contributed by atoms with Gasteiger partial charge in [-0.05, 0) is 56.0 Å². The molecule has 0 saturated carbocycles. The fraction of sp³-hybridized carbons (Fsp3) is 0.167. The van der Waals surface area contributed by atoms with E-state index >= 15 is 0 Å². The number of amidine groups is 1. The highest BCUT2D eigenvalue weighted by Crippen LogP contribution is 2.36. The lowest BCUT2D eigenvalue weighted by atomic mass is 10.2. The summed E-state index contributed by atoms with van der Waals surface area (Å²) in [6.45, 7) is 4.33. The van der Waals surface area contributed by atoms with Gasteiger partial charge in [0.2, 0.25) is 0 Å². The molecule has 0 spiro atoms. The number of likely N-dealkylation sites (N-methyl/N-ethyl adjacent to an activating group) is 1. The van der Waals surface area contributed by atoms with Crippen LogP contribution in [0.3, 0.4) is 0 Å². The van der Waals surface area contributed by atoms with Gasteiger partial charge in [0, 0.05) is 27.8 Å². The summed E-state index contributed by atoms with van der Waals surface area (Å²) in [6.07, 6.45) is 1.71. The zero-order valence-corrected chi connectivity index (χ0v) is 16.0. The molecule has 0 atom stereocenters. The standard InChI is InChI=1S/C18H15Cl2N3OS/c1-3-23-17(24)15(10-12-13(19)7-5-8-14(12)20)25-18(23)22-16-9-4-6-11(2)21-16/h4-10H,3H2,1-2H3/b15-10-,22-18+. The van der Waals surface area contributed by atoms with Gasteiger partial charge in [0.15, 0.2) is 11.0 Å². The summed E-state index contributed by atoms with van der Waals surface area (Å²) < 4.78 is 0. The molecule has 1 saturated heterocycles. The Bertz CT molecular complexity index is 875. The fourth-order valence-electron chi connectivity index (χ4n) is 2.34. The summed E-state index contributed by atoms with van der Waals surface area (Å²) in [5.41, 5.74) is 1.51. The number of rotatable bonds is 3. The molecule has 0 unspecified atom stereocenters. The molecule has 0 N–H and O–H groups in total. The van der Waals surface area contributed by atoms with Gasteiger partial charge in [-0.15, -0.1) is 0 Å². The first-order valence-electron chi connectivity index (χ1n) is 7.67. The summed E-state index contributed by atoms with van der Waals surface area (Å²) in [4.78, 5) is 23.7. The predicted molar refractivity (Wildman–Crippen MR) is 105 cm³/mol. The van der Waals surface area contributed by atoms with Crippen molar-refractivity contribution < 1.29 is 4.79 Å². The first kappa shape index (κ1) is 18.0. The molecule has 1 aromatic carbocycles. The van der Waals surface area contributed by atoms with E-state index in [0.717, 1.165) is 5.69 Å². The van der Waals surface area contributed by atoms with Crippen molar-refractivity contribution in [1.29, 1.82) is 0 Å². The Morgan fingerprint density at radius 3 is 2.52 bits per heavy atom. The van der Waals surface area contributed by atoms with Gasteiger partial charge in [-0.2, -0.15) is 0 Å². The van der Waals surface area contributed by atoms with Crippen molar-refractivity contribution in [2.45, 2.75) is 13.8 Å². The van der Waals surface area contributed by atoms with Gasteiger partial charge in [0.25, 0.3) is 5.91 Å². The third-order valence-corrected chi connectivity index (χ3v) is 5.23. The Balaban J connectivity index is 1.99. The van der Waals surface area contributed by atoms with E-state index in [0.29, 0.717) is 38.0 Å². The number of hydrogen-bond acceptors (Lipinski definition) is 4. The molecule has 1 aliphatic rings. The maximum Gasteiger partial charge on any atom is 0.266 e. The summed E-state index contributed by atoms with van der Waals surface area (Å²) in [5, 5.41) is 1.60. The molecule has 128 valence electrons. The summed E-state index contributed by atoms with van der Waals surface area (Å²) in [6, 6.07) is 10.9. The van der Waals surface area contributed by atoms with Gasteiger partial charge in [0.1, 0.15) is 0 Å². The molecule has 3 rings (SSSR count). The van der Waals surface area contributed by atoms with Gasteiger partial charge in [-0.3, -0.25) is 9.69 Å². The van der Waals surface area contributed by atoms with Gasteiger partial charge in [-0.1, -0.05) is 35.3 Å². The number of thioether (sulfide) groups is 1. The molecular formula is C18H15Cl2N3OS. The topological polar surface area (TPSA) is 45.6 Å². The highest BCUT2D eigenvalue weighted by atomic mass is 35.5. The van der Waals surface area contributed by atoms with Gasteiger partial charge in [0.05, 0.1) is 4.91 Å². The lowest BCUT2D eigenvalue weighted by Gasteiger charge is -2.11. The predicted octanol–water partition coefficient (Wildman–Crippen LogP) is 5.32. The molecule has 0 bridgehead atoms. The van der Waals surface area contributed by atoms with Crippen LogP contribution in [0.2, 0.25) is 10.0 Å². The Hall–Kier alpha value is -1.82. The van der Waals surface area contributed by atoms with E-state index in [4.69, 9.17) is 23.2 Å². The molecule has 0 radical (unpaired) electrons. The van der Waals surface area contributed by atoms with Gasteiger partial charge >= 0.3 is 0 Å². The SMILES string of the molecule is CCN1C(=O)/C(=C/c2c(Cl)cccc2Cl)S/C1=N/c1cccc(C)n1. The molecule has 1 amide bonds. The van der Waals surface area contributed by atoms with Crippen LogP contribution in [0.4, 0.5) is 5.82 Å². The number of halogens is 2. The minimum atomic E-state index is -0.116. The fourth-order valence-corrected chi connectivity index (χ4v) is 3.88. The minimum Gasteiger partial charge on any atom is -0.287 e. The number of hydrogen-bond donors (Lipinski definition) is 0. The lowest BCUT2D eigenvalue weighted by Crippen LogP contribution is -2.28. The third-order valence-electron chi connectivity index (χ3n) is 3.56. The number of carbonyl (C=O) groups excluding carboxylic acids is 1. The first-order chi connectivity index (χ1) is 12.0. The number of carbonyl (C=O) groups is 1. The Morgan fingerprint density at radius 1 is 1.20 bits per heavy atom. The van der Waals surface area contributed by atoms with E-state index in [-0.39, 0.29) is 5.91 Å². The van der Waals surface area contributed by atoms with Crippen molar-refractivity contribution in [3.8, 4) is 0 Å². The highest BCUT2D eigenvalue weighted by molar-refractivity contribution is 8.18. The molecule has 7 heteroatoms. The molecule has 4 nitrogen and oxygen atoms in total. The second-order valence-corrected chi connectivity index (χ2v) is 7.15. The quantitative estimate of drug-likeness (QED) is 0.664. The normalized spacial score (nSPS) is 17.8. The van der Waals surface area contributed by atoms with Crippen LogP contribution in [0.1, 0.15) is 18.2 Å². The van der Waals surface area contributed by atoms with Crippen LogP contribution >= 0.6 is 35.0 Å². The zero-order chi connectivity index (χ0) is 18.0. The molecule has 1 aliphatic heterocycles. The molecule has 1 fully saturated rings. The van der Waals surface area contributed by atoms with Crippen molar-refractivity contribution in [2.75, 3.05) is 6.54 Å². The first-order valence-corrected chi connectivity index (χ1v) is 9.24. The number of nitrogens with zero attached hydrogens (tertiary/aromatic N) is 3. The van der Waals surface area contributed by atoms with Crippen LogP contribution in [0, 0.1) is 6.92 Å². The zero-order valence-electron chi connectivity index (χ0n) is 13.7. The Morgan fingerprint density at radius 2 is 1.88 bits per heavy atom. The largest absolute Gasteiger partial charge is 0.287 e. The maximum absolute atomic E-state index is 12.7. The second kappa shape index (κ2) is 7.60. The smallest absolute Gasteiger partial charge is 0.266 e. The minimum absolute atomic E-state index is 0.116. The van der Waals surface area contributed by atoms with E-state index in [1.165, 1.54) is 11.8 Å². The summed E-state index contributed by atoms with van der Waals surface area (Å²) in [5.74, 6) is 0.459. The molecule has 1 aromatic heterocycles. The van der Waals surface area contributed by atoms with E-state index in [9.17, 15) is 4.79 Å². The average molecular weight is 392 g/mol. The summed E-state index contributed by atoms with van der Waals surface area (Å²) >= 11 is 13.7. The monoisotopic (exact) mass is 391 g/mol. The van der Waals surface area contributed by atoms with E-state index in [2.05, 4.69) is 9.98 Å². The number of aryl methyl sites for hydroxylation is 1. The average Bonchev–Trinajstić information content (AvgIpc) is 2.86. The number of amides is 1. The van der Waals surface area contributed by atoms with Crippen LogP contribution in [0.25, 0.3) is 6.08 Å². The number of benzene rings is 1. The van der Waals surface area contributed by atoms with Crippen LogP contribution < -0.4 is 0 Å². The second-order valence-electron chi connectivity index (χ2n) is 5.33. The third kappa shape index (κ3) is 3.89. The number of aliphatic imine (C=N–C) groups is 1. The van der Waals surface area contributed by atoms with Crippen molar-refractivity contribution >= 4 is 57.9 Å². The van der Waals surface area contributed by atoms with Crippen molar-refractivity contribution in [3.63, 3.8) is 0 Å². The Kier molecular flexibility index (Phi) is 5.47. The highest BCUT2D eigenvalue weighted by Gasteiger charge is 2.32. The van der Waals surface area contributed by atoms with Crippen molar-refractivity contribution in [2.24, 2.45) is 4.99 Å². The molecule has 2 heterocycles. The van der Waals surface area contributed by atoms with Gasteiger partial charge < -0.3 is 0 Å². The molecule has 2 aromatic rings. The van der Waals surface area contributed by atoms with Crippen LogP contribution in [-0.2, 0) is 4.79 Å². The van der Waals surface area contributed by atoms with Crippen molar-refractivity contribution in [3.05, 3.63) is 62.6 Å². The number of pyridine rings is 1.